The summed E-state index contributed by atoms with van der Waals surface area (Å²) in [7, 11) is 5.92. The van der Waals surface area contributed by atoms with Gasteiger partial charge in [0.1, 0.15) is 5.75 Å². The summed E-state index contributed by atoms with van der Waals surface area (Å²) in [6, 6.07) is 6.97. The molecule has 1 heterocycles. The molecular weight excluding hydrogens is 256 g/mol. The highest BCUT2D eigenvalue weighted by molar-refractivity contribution is 8.00. The van der Waals surface area contributed by atoms with Gasteiger partial charge >= 0.3 is 0 Å². The van der Waals surface area contributed by atoms with Crippen LogP contribution in [0.3, 0.4) is 0 Å². The fourth-order valence-corrected chi connectivity index (χ4v) is 3.65. The third-order valence-corrected chi connectivity index (χ3v) is 4.81. The van der Waals surface area contributed by atoms with Crippen LogP contribution >= 0.6 is 11.8 Å². The van der Waals surface area contributed by atoms with Crippen LogP contribution < -0.4 is 10.1 Å². The van der Waals surface area contributed by atoms with E-state index in [1.807, 2.05) is 11.8 Å². The summed E-state index contributed by atoms with van der Waals surface area (Å²) >= 11 is 2.04. The SMILES string of the molecule is COc1ccc(CN(C)C)cc1NC1CCSC1C. The monoisotopic (exact) mass is 280 g/mol. The van der Waals surface area contributed by atoms with Gasteiger partial charge in [-0.15, -0.1) is 0 Å². The van der Waals surface area contributed by atoms with Crippen LogP contribution in [0.1, 0.15) is 18.9 Å². The van der Waals surface area contributed by atoms with E-state index < -0.39 is 0 Å². The van der Waals surface area contributed by atoms with Gasteiger partial charge in [0.2, 0.25) is 0 Å². The first-order chi connectivity index (χ1) is 9.10. The zero-order chi connectivity index (χ0) is 13.8. The van der Waals surface area contributed by atoms with Crippen molar-refractivity contribution in [1.29, 1.82) is 0 Å². The fraction of sp³-hybridized carbons (Fsp3) is 0.600. The molecule has 2 rings (SSSR count). The first kappa shape index (κ1) is 14.5. The predicted molar refractivity (Wildman–Crippen MR) is 84.3 cm³/mol. The van der Waals surface area contributed by atoms with Crippen molar-refractivity contribution in [3.05, 3.63) is 23.8 Å². The Morgan fingerprint density at radius 3 is 2.79 bits per heavy atom. The number of hydrogen-bond donors (Lipinski definition) is 1. The van der Waals surface area contributed by atoms with Crippen molar-refractivity contribution in [3.63, 3.8) is 0 Å². The van der Waals surface area contributed by atoms with E-state index in [0.29, 0.717) is 11.3 Å². The van der Waals surface area contributed by atoms with Gasteiger partial charge in [-0.3, -0.25) is 0 Å². The first-order valence-corrected chi connectivity index (χ1v) is 7.85. The Morgan fingerprint density at radius 2 is 2.21 bits per heavy atom. The molecule has 1 fully saturated rings. The third-order valence-electron chi connectivity index (χ3n) is 3.48. The maximum atomic E-state index is 5.47. The highest BCUT2D eigenvalue weighted by Gasteiger charge is 2.24. The predicted octanol–water partition coefficient (Wildman–Crippen LogP) is 3.06. The summed E-state index contributed by atoms with van der Waals surface area (Å²) in [5, 5.41) is 4.33. The summed E-state index contributed by atoms with van der Waals surface area (Å²) in [5.74, 6) is 2.19. The van der Waals surface area contributed by atoms with Crippen LogP contribution in [0.2, 0.25) is 0 Å². The number of nitrogens with one attached hydrogen (secondary N) is 1. The second kappa shape index (κ2) is 6.53. The van der Waals surface area contributed by atoms with E-state index in [-0.39, 0.29) is 0 Å². The Hall–Kier alpha value is -0.870. The molecule has 1 aromatic carbocycles. The molecule has 0 bridgehead atoms. The molecule has 0 aliphatic carbocycles. The quantitative estimate of drug-likeness (QED) is 0.896. The van der Waals surface area contributed by atoms with Gasteiger partial charge in [0.05, 0.1) is 12.8 Å². The lowest BCUT2D eigenvalue weighted by Crippen LogP contribution is -2.25. The molecule has 2 unspecified atom stereocenters. The second-order valence-corrected chi connectivity index (χ2v) is 6.87. The minimum absolute atomic E-state index is 0.550. The number of benzene rings is 1. The molecule has 1 saturated heterocycles. The summed E-state index contributed by atoms with van der Waals surface area (Å²) in [6.45, 7) is 3.25. The Morgan fingerprint density at radius 1 is 1.42 bits per heavy atom. The minimum atomic E-state index is 0.550. The molecule has 1 aromatic rings. The van der Waals surface area contributed by atoms with Crippen LogP contribution in [0, 0.1) is 0 Å². The number of rotatable bonds is 5. The van der Waals surface area contributed by atoms with Gasteiger partial charge in [0.15, 0.2) is 0 Å². The molecule has 3 nitrogen and oxygen atoms in total. The van der Waals surface area contributed by atoms with E-state index in [4.69, 9.17) is 4.74 Å². The largest absolute Gasteiger partial charge is 0.495 e. The molecule has 4 heteroatoms. The van der Waals surface area contributed by atoms with Crippen molar-refractivity contribution >= 4 is 17.4 Å². The molecule has 0 radical (unpaired) electrons. The van der Waals surface area contributed by atoms with Gasteiger partial charge in [-0.2, -0.15) is 11.8 Å². The lowest BCUT2D eigenvalue weighted by atomic mass is 10.1. The number of thioether (sulfide) groups is 1. The molecular formula is C15H24N2OS. The van der Waals surface area contributed by atoms with Crippen molar-refractivity contribution < 1.29 is 4.74 Å². The molecule has 1 N–H and O–H groups in total. The number of hydrogen-bond acceptors (Lipinski definition) is 4. The summed E-state index contributed by atoms with van der Waals surface area (Å²) in [6.07, 6.45) is 1.23. The van der Waals surface area contributed by atoms with Crippen LogP contribution in [0.25, 0.3) is 0 Å². The first-order valence-electron chi connectivity index (χ1n) is 6.80. The summed E-state index contributed by atoms with van der Waals surface area (Å²) < 4.78 is 5.47. The molecule has 1 aliphatic heterocycles. The molecule has 2 atom stereocenters. The molecule has 0 amide bonds. The van der Waals surface area contributed by atoms with E-state index in [9.17, 15) is 0 Å². The number of anilines is 1. The third kappa shape index (κ3) is 3.80. The normalized spacial score (nSPS) is 22.8. The van der Waals surface area contributed by atoms with Crippen LogP contribution in [0.4, 0.5) is 5.69 Å². The van der Waals surface area contributed by atoms with Gasteiger partial charge < -0.3 is 15.0 Å². The maximum Gasteiger partial charge on any atom is 0.141 e. The van der Waals surface area contributed by atoms with Crippen molar-refractivity contribution in [3.8, 4) is 5.75 Å². The standard InChI is InChI=1S/C15H24N2OS/c1-11-13(7-8-19-11)16-14-9-12(10-17(2)3)5-6-15(14)18-4/h5-6,9,11,13,16H,7-8,10H2,1-4H3. The Labute approximate surface area is 120 Å². The van der Waals surface area contributed by atoms with E-state index in [1.165, 1.54) is 17.7 Å². The smallest absolute Gasteiger partial charge is 0.141 e. The summed E-state index contributed by atoms with van der Waals surface area (Å²) in [4.78, 5) is 2.18. The molecule has 1 aliphatic rings. The number of methoxy groups -OCH3 is 1. The zero-order valence-corrected chi connectivity index (χ0v) is 13.1. The minimum Gasteiger partial charge on any atom is -0.495 e. The van der Waals surface area contributed by atoms with Gasteiger partial charge in [-0.05, 0) is 44.0 Å². The number of ether oxygens (including phenoxy) is 1. The molecule has 0 saturated carbocycles. The molecule has 0 spiro atoms. The Balaban J connectivity index is 2.15. The average Bonchev–Trinajstić information content (AvgIpc) is 2.75. The second-order valence-electron chi connectivity index (χ2n) is 5.39. The topological polar surface area (TPSA) is 24.5 Å². The van der Waals surface area contributed by atoms with Crippen LogP contribution in [0.5, 0.6) is 5.75 Å². The molecule has 0 aromatic heterocycles. The lowest BCUT2D eigenvalue weighted by molar-refractivity contribution is 0.400. The van der Waals surface area contributed by atoms with Crippen LogP contribution in [0.15, 0.2) is 18.2 Å². The van der Waals surface area contributed by atoms with Gasteiger partial charge in [-0.1, -0.05) is 13.0 Å². The average molecular weight is 280 g/mol. The Kier molecular flexibility index (Phi) is 4.99. The van der Waals surface area contributed by atoms with Crippen molar-refractivity contribution in [2.24, 2.45) is 0 Å². The van der Waals surface area contributed by atoms with Crippen LogP contribution in [-0.4, -0.2) is 43.1 Å². The van der Waals surface area contributed by atoms with Gasteiger partial charge in [0.25, 0.3) is 0 Å². The van der Waals surface area contributed by atoms with E-state index in [0.717, 1.165) is 18.0 Å². The number of nitrogens with zero attached hydrogens (tertiary/aromatic N) is 1. The van der Waals surface area contributed by atoms with Gasteiger partial charge in [-0.25, -0.2) is 0 Å². The van der Waals surface area contributed by atoms with Crippen molar-refractivity contribution in [2.45, 2.75) is 31.2 Å². The Bertz CT molecular complexity index is 423. The van der Waals surface area contributed by atoms with Gasteiger partial charge in [0, 0.05) is 17.8 Å². The lowest BCUT2D eigenvalue weighted by Gasteiger charge is -2.21. The van der Waals surface area contributed by atoms with Crippen molar-refractivity contribution in [2.75, 3.05) is 32.3 Å². The molecule has 19 heavy (non-hydrogen) atoms. The van der Waals surface area contributed by atoms with Crippen molar-refractivity contribution in [1.82, 2.24) is 4.90 Å². The molecule has 106 valence electrons. The van der Waals surface area contributed by atoms with E-state index >= 15 is 0 Å². The van der Waals surface area contributed by atoms with E-state index in [2.05, 4.69) is 49.4 Å². The highest BCUT2D eigenvalue weighted by Crippen LogP contribution is 2.32. The maximum absolute atomic E-state index is 5.47. The van der Waals surface area contributed by atoms with Crippen LogP contribution in [-0.2, 0) is 6.54 Å². The summed E-state index contributed by atoms with van der Waals surface area (Å²) in [5.41, 5.74) is 2.44. The zero-order valence-electron chi connectivity index (χ0n) is 12.3. The fourth-order valence-electron chi connectivity index (χ4n) is 2.45. The highest BCUT2D eigenvalue weighted by atomic mass is 32.2. The van der Waals surface area contributed by atoms with E-state index in [1.54, 1.807) is 7.11 Å².